The van der Waals surface area contributed by atoms with Crippen LogP contribution < -0.4 is 5.73 Å². The van der Waals surface area contributed by atoms with Gasteiger partial charge in [0.15, 0.2) is 0 Å². The summed E-state index contributed by atoms with van der Waals surface area (Å²) < 4.78 is 13.1. The van der Waals surface area contributed by atoms with Crippen molar-refractivity contribution in [3.05, 3.63) is 35.1 Å². The molecule has 0 heterocycles. The average molecular weight is 209 g/mol. The van der Waals surface area contributed by atoms with Crippen LogP contribution in [0.5, 0.6) is 0 Å². The Morgan fingerprint density at radius 1 is 1.33 bits per heavy atom. The fourth-order valence-corrected chi connectivity index (χ4v) is 1.85. The SMILES string of the molecule is Cc1cc(CC(C)(C)CCN)ccc1F. The molecule has 0 fully saturated rings. The van der Waals surface area contributed by atoms with Crippen molar-refractivity contribution >= 4 is 0 Å². The molecule has 0 saturated heterocycles. The van der Waals surface area contributed by atoms with E-state index in [1.807, 2.05) is 12.1 Å². The zero-order valence-electron chi connectivity index (χ0n) is 9.81. The summed E-state index contributed by atoms with van der Waals surface area (Å²) >= 11 is 0. The van der Waals surface area contributed by atoms with Crippen LogP contribution in [0.4, 0.5) is 4.39 Å². The maximum atomic E-state index is 13.1. The molecule has 0 aromatic heterocycles. The highest BCUT2D eigenvalue weighted by molar-refractivity contribution is 5.24. The van der Waals surface area contributed by atoms with Gasteiger partial charge in [0.05, 0.1) is 0 Å². The molecule has 2 heteroatoms. The van der Waals surface area contributed by atoms with Crippen LogP contribution in [0.25, 0.3) is 0 Å². The Balaban J connectivity index is 2.76. The third kappa shape index (κ3) is 3.63. The molecular formula is C13H20FN. The van der Waals surface area contributed by atoms with Gasteiger partial charge in [-0.2, -0.15) is 0 Å². The van der Waals surface area contributed by atoms with Crippen LogP contribution in [0.15, 0.2) is 18.2 Å². The number of benzene rings is 1. The quantitative estimate of drug-likeness (QED) is 0.810. The van der Waals surface area contributed by atoms with Crippen LogP contribution in [0.2, 0.25) is 0 Å². The second-order valence-corrected chi connectivity index (χ2v) is 4.96. The fraction of sp³-hybridized carbons (Fsp3) is 0.538. The van der Waals surface area contributed by atoms with Gasteiger partial charge in [-0.05, 0) is 48.9 Å². The van der Waals surface area contributed by atoms with Crippen molar-refractivity contribution < 1.29 is 4.39 Å². The number of halogens is 1. The number of aryl methyl sites for hydroxylation is 1. The van der Waals surface area contributed by atoms with Gasteiger partial charge >= 0.3 is 0 Å². The molecule has 2 N–H and O–H groups in total. The van der Waals surface area contributed by atoms with Crippen molar-refractivity contribution in [2.24, 2.45) is 11.1 Å². The summed E-state index contributed by atoms with van der Waals surface area (Å²) in [4.78, 5) is 0. The van der Waals surface area contributed by atoms with Gasteiger partial charge in [0, 0.05) is 0 Å². The highest BCUT2D eigenvalue weighted by Crippen LogP contribution is 2.25. The molecule has 1 aromatic carbocycles. The second kappa shape index (κ2) is 4.75. The minimum Gasteiger partial charge on any atom is -0.330 e. The monoisotopic (exact) mass is 209 g/mol. The lowest BCUT2D eigenvalue weighted by atomic mass is 9.82. The van der Waals surface area contributed by atoms with Gasteiger partial charge < -0.3 is 5.73 Å². The van der Waals surface area contributed by atoms with Crippen LogP contribution in [0.1, 0.15) is 31.4 Å². The van der Waals surface area contributed by atoms with E-state index in [-0.39, 0.29) is 11.2 Å². The summed E-state index contributed by atoms with van der Waals surface area (Å²) in [5.41, 5.74) is 7.66. The van der Waals surface area contributed by atoms with Gasteiger partial charge in [-0.1, -0.05) is 26.0 Å². The topological polar surface area (TPSA) is 26.0 Å². The van der Waals surface area contributed by atoms with Crippen molar-refractivity contribution in [1.29, 1.82) is 0 Å². The lowest BCUT2D eigenvalue weighted by Gasteiger charge is -2.24. The Kier molecular flexibility index (Phi) is 3.86. The molecule has 0 aliphatic rings. The van der Waals surface area contributed by atoms with Crippen molar-refractivity contribution in [3.8, 4) is 0 Å². The Labute approximate surface area is 91.5 Å². The molecule has 0 unspecified atom stereocenters. The zero-order valence-corrected chi connectivity index (χ0v) is 9.81. The molecule has 0 aliphatic carbocycles. The van der Waals surface area contributed by atoms with Gasteiger partial charge in [0.2, 0.25) is 0 Å². The number of hydrogen-bond acceptors (Lipinski definition) is 1. The van der Waals surface area contributed by atoms with Crippen LogP contribution >= 0.6 is 0 Å². The first kappa shape index (κ1) is 12.2. The highest BCUT2D eigenvalue weighted by Gasteiger charge is 2.17. The van der Waals surface area contributed by atoms with Crippen LogP contribution in [0.3, 0.4) is 0 Å². The van der Waals surface area contributed by atoms with Crippen LogP contribution in [-0.4, -0.2) is 6.54 Å². The molecule has 0 atom stereocenters. The smallest absolute Gasteiger partial charge is 0.126 e. The Hall–Kier alpha value is -0.890. The first-order chi connectivity index (χ1) is 6.94. The van der Waals surface area contributed by atoms with E-state index in [2.05, 4.69) is 13.8 Å². The molecule has 0 spiro atoms. The third-order valence-corrected chi connectivity index (χ3v) is 2.73. The Bertz CT molecular complexity index is 331. The molecule has 0 saturated carbocycles. The van der Waals surface area contributed by atoms with Crippen molar-refractivity contribution in [1.82, 2.24) is 0 Å². The third-order valence-electron chi connectivity index (χ3n) is 2.73. The van der Waals surface area contributed by atoms with E-state index in [0.29, 0.717) is 6.54 Å². The second-order valence-electron chi connectivity index (χ2n) is 4.96. The lowest BCUT2D eigenvalue weighted by Crippen LogP contribution is -2.19. The zero-order chi connectivity index (χ0) is 11.5. The summed E-state index contributed by atoms with van der Waals surface area (Å²) in [5, 5.41) is 0. The van der Waals surface area contributed by atoms with Crippen molar-refractivity contribution in [2.45, 2.75) is 33.6 Å². The van der Waals surface area contributed by atoms with Crippen molar-refractivity contribution in [2.75, 3.05) is 6.54 Å². The first-order valence-corrected chi connectivity index (χ1v) is 5.40. The van der Waals surface area contributed by atoms with Crippen molar-refractivity contribution in [3.63, 3.8) is 0 Å². The molecule has 15 heavy (non-hydrogen) atoms. The Morgan fingerprint density at radius 2 is 2.00 bits per heavy atom. The summed E-state index contributed by atoms with van der Waals surface area (Å²) in [7, 11) is 0. The minimum absolute atomic E-state index is 0.129. The maximum Gasteiger partial charge on any atom is 0.126 e. The normalized spacial score (nSPS) is 11.8. The van der Waals surface area contributed by atoms with Crippen LogP contribution in [-0.2, 0) is 6.42 Å². The summed E-state index contributed by atoms with van der Waals surface area (Å²) in [6.45, 7) is 6.89. The van der Waals surface area contributed by atoms with Gasteiger partial charge in [-0.3, -0.25) is 0 Å². The highest BCUT2D eigenvalue weighted by atomic mass is 19.1. The van der Waals surface area contributed by atoms with Crippen LogP contribution in [0, 0.1) is 18.2 Å². The molecule has 0 bridgehead atoms. The van der Waals surface area contributed by atoms with Gasteiger partial charge in [-0.15, -0.1) is 0 Å². The number of rotatable bonds is 4. The molecular weight excluding hydrogens is 189 g/mol. The lowest BCUT2D eigenvalue weighted by molar-refractivity contribution is 0.338. The van der Waals surface area contributed by atoms with Gasteiger partial charge in [-0.25, -0.2) is 4.39 Å². The van der Waals surface area contributed by atoms with E-state index in [9.17, 15) is 4.39 Å². The molecule has 0 amide bonds. The number of hydrogen-bond donors (Lipinski definition) is 1. The van der Waals surface area contributed by atoms with E-state index in [4.69, 9.17) is 5.73 Å². The Morgan fingerprint density at radius 3 is 2.53 bits per heavy atom. The minimum atomic E-state index is -0.129. The maximum absolute atomic E-state index is 13.1. The average Bonchev–Trinajstić information content (AvgIpc) is 2.10. The molecule has 1 nitrogen and oxygen atoms in total. The fourth-order valence-electron chi connectivity index (χ4n) is 1.85. The van der Waals surface area contributed by atoms with E-state index < -0.39 is 0 Å². The number of nitrogens with two attached hydrogens (primary N) is 1. The summed E-state index contributed by atoms with van der Waals surface area (Å²) in [6.07, 6.45) is 1.94. The summed E-state index contributed by atoms with van der Waals surface area (Å²) in [6, 6.07) is 5.33. The van der Waals surface area contributed by atoms with E-state index >= 15 is 0 Å². The van der Waals surface area contributed by atoms with E-state index in [1.165, 1.54) is 5.56 Å². The predicted octanol–water partition coefficient (Wildman–Crippen LogP) is 3.05. The first-order valence-electron chi connectivity index (χ1n) is 5.40. The standard InChI is InChI=1S/C13H20FN/c1-10-8-11(4-5-12(10)14)9-13(2,3)6-7-15/h4-5,8H,6-7,9,15H2,1-3H3. The molecule has 0 aliphatic heterocycles. The molecule has 0 radical (unpaired) electrons. The summed E-state index contributed by atoms with van der Waals surface area (Å²) in [5.74, 6) is -0.129. The molecule has 84 valence electrons. The largest absolute Gasteiger partial charge is 0.330 e. The van der Waals surface area contributed by atoms with E-state index in [0.717, 1.165) is 18.4 Å². The predicted molar refractivity (Wildman–Crippen MR) is 62.3 cm³/mol. The van der Waals surface area contributed by atoms with Gasteiger partial charge in [0.25, 0.3) is 0 Å². The van der Waals surface area contributed by atoms with E-state index in [1.54, 1.807) is 13.0 Å². The molecule has 1 aromatic rings. The van der Waals surface area contributed by atoms with Gasteiger partial charge in [0.1, 0.15) is 5.82 Å². The molecule has 1 rings (SSSR count).